The van der Waals surface area contributed by atoms with Crippen LogP contribution >= 0.6 is 0 Å². The number of hydrogen-bond acceptors (Lipinski definition) is 2. The van der Waals surface area contributed by atoms with Crippen LogP contribution in [-0.2, 0) is 6.54 Å². The van der Waals surface area contributed by atoms with Crippen LogP contribution in [0.3, 0.4) is 0 Å². The zero-order valence-corrected chi connectivity index (χ0v) is 10.5. The summed E-state index contributed by atoms with van der Waals surface area (Å²) in [7, 11) is 0. The van der Waals surface area contributed by atoms with Gasteiger partial charge in [-0.15, -0.1) is 13.2 Å². The molecule has 105 valence electrons. The average molecular weight is 273 g/mol. The molecule has 0 spiro atoms. The van der Waals surface area contributed by atoms with E-state index in [1.807, 2.05) is 0 Å². The Morgan fingerprint density at radius 1 is 1.11 bits per heavy atom. The molecule has 0 unspecified atom stereocenters. The third-order valence-electron chi connectivity index (χ3n) is 2.93. The summed E-state index contributed by atoms with van der Waals surface area (Å²) >= 11 is 0. The molecule has 1 heterocycles. The summed E-state index contributed by atoms with van der Waals surface area (Å²) < 4.78 is 39.9. The van der Waals surface area contributed by atoms with Gasteiger partial charge in [0.1, 0.15) is 5.75 Å². The number of ether oxygens (including phenoxy) is 1. The summed E-state index contributed by atoms with van der Waals surface area (Å²) in [5.74, 6) is -0.179. The lowest BCUT2D eigenvalue weighted by molar-refractivity contribution is -0.274. The maximum Gasteiger partial charge on any atom is 0.573 e. The molecular weight excluding hydrogens is 257 g/mol. The van der Waals surface area contributed by atoms with Crippen LogP contribution in [-0.4, -0.2) is 37.4 Å². The molecule has 6 heteroatoms. The van der Waals surface area contributed by atoms with E-state index in [0.29, 0.717) is 0 Å². The second-order valence-electron chi connectivity index (χ2n) is 4.49. The minimum Gasteiger partial charge on any atom is -0.406 e. The predicted octanol–water partition coefficient (Wildman–Crippen LogP) is 2.40. The molecule has 1 aliphatic rings. The number of rotatable bonds is 3. The van der Waals surface area contributed by atoms with Gasteiger partial charge in [-0.2, -0.15) is 0 Å². The fourth-order valence-corrected chi connectivity index (χ4v) is 2.05. The van der Waals surface area contributed by atoms with Crippen molar-refractivity contribution in [1.29, 1.82) is 0 Å². The largest absolute Gasteiger partial charge is 0.573 e. The van der Waals surface area contributed by atoms with Gasteiger partial charge in [-0.25, -0.2) is 5.32 Å². The van der Waals surface area contributed by atoms with Crippen LogP contribution in [0, 0.1) is 0 Å². The van der Waals surface area contributed by atoms with Crippen LogP contribution in [0.15, 0.2) is 24.3 Å². The molecule has 0 saturated carbocycles. The van der Waals surface area contributed by atoms with Crippen LogP contribution in [0.5, 0.6) is 5.75 Å². The maximum atomic E-state index is 12.0. The van der Waals surface area contributed by atoms with Gasteiger partial charge in [0, 0.05) is 26.2 Å². The zero-order valence-electron chi connectivity index (χ0n) is 10.5. The lowest BCUT2D eigenvalue weighted by atomic mass is 10.2. The van der Waals surface area contributed by atoms with Crippen LogP contribution in [0.25, 0.3) is 0 Å². The molecule has 0 atom stereocenters. The molecule has 19 heavy (non-hydrogen) atoms. The Morgan fingerprint density at radius 2 is 1.84 bits per heavy atom. The Labute approximate surface area is 110 Å². The molecule has 0 aliphatic carbocycles. The van der Waals surface area contributed by atoms with Crippen LogP contribution < -0.4 is 10.1 Å². The van der Waals surface area contributed by atoms with Crippen molar-refractivity contribution >= 4 is 0 Å². The molecule has 0 N–H and O–H groups in total. The van der Waals surface area contributed by atoms with Crippen molar-refractivity contribution in [3.8, 4) is 5.75 Å². The topological polar surface area (TPSA) is 26.6 Å². The van der Waals surface area contributed by atoms with Crippen LogP contribution in [0.4, 0.5) is 13.2 Å². The van der Waals surface area contributed by atoms with Gasteiger partial charge in [0.25, 0.3) is 0 Å². The Kier molecular flexibility index (Phi) is 4.66. The minimum atomic E-state index is -4.63. The highest BCUT2D eigenvalue weighted by Crippen LogP contribution is 2.23. The van der Waals surface area contributed by atoms with E-state index in [4.69, 9.17) is 0 Å². The molecule has 0 bridgehead atoms. The van der Waals surface area contributed by atoms with Gasteiger partial charge >= 0.3 is 6.36 Å². The van der Waals surface area contributed by atoms with Crippen molar-refractivity contribution in [2.24, 2.45) is 0 Å². The van der Waals surface area contributed by atoms with Crippen molar-refractivity contribution in [1.82, 2.24) is 10.2 Å². The van der Waals surface area contributed by atoms with Crippen LogP contribution in [0.1, 0.15) is 12.0 Å². The highest BCUT2D eigenvalue weighted by Gasteiger charge is 2.30. The molecule has 1 aromatic rings. The fraction of sp³-hybridized carbons (Fsp3) is 0.538. The first kappa shape index (κ1) is 14.1. The Bertz CT molecular complexity index is 384. The molecule has 2 rings (SSSR count). The number of hydrogen-bond donors (Lipinski definition) is 0. The molecule has 1 fully saturated rings. The van der Waals surface area contributed by atoms with Gasteiger partial charge in [0.2, 0.25) is 0 Å². The molecule has 0 aromatic heterocycles. The summed E-state index contributed by atoms with van der Waals surface area (Å²) in [6.07, 6.45) is -3.59. The number of alkyl halides is 3. The zero-order chi connectivity index (χ0) is 13.7. The van der Waals surface area contributed by atoms with E-state index in [9.17, 15) is 13.2 Å². The summed E-state index contributed by atoms with van der Waals surface area (Å²) in [6, 6.07) is 6.04. The standard InChI is InChI=1S/C13H16F3N2O/c14-13(15,16)19-12-4-2-11(3-5-12)10-18-8-1-6-17-7-9-18/h2-5H,1,6-10H2. The van der Waals surface area contributed by atoms with Crippen molar-refractivity contribution in [3.63, 3.8) is 0 Å². The lowest BCUT2D eigenvalue weighted by Gasteiger charge is -2.19. The van der Waals surface area contributed by atoms with E-state index in [1.54, 1.807) is 12.1 Å². The van der Waals surface area contributed by atoms with Crippen LogP contribution in [0.2, 0.25) is 0 Å². The van der Waals surface area contributed by atoms with E-state index >= 15 is 0 Å². The van der Waals surface area contributed by atoms with Gasteiger partial charge in [-0.1, -0.05) is 12.1 Å². The van der Waals surface area contributed by atoms with Crippen molar-refractivity contribution in [3.05, 3.63) is 29.8 Å². The van der Waals surface area contributed by atoms with E-state index in [2.05, 4.69) is 15.0 Å². The Hall–Kier alpha value is -1.27. The monoisotopic (exact) mass is 273 g/mol. The Morgan fingerprint density at radius 3 is 2.53 bits per heavy atom. The molecule has 1 saturated heterocycles. The smallest absolute Gasteiger partial charge is 0.406 e. The second-order valence-corrected chi connectivity index (χ2v) is 4.49. The number of benzene rings is 1. The van der Waals surface area contributed by atoms with Crippen molar-refractivity contribution in [2.75, 3.05) is 26.2 Å². The first-order valence-corrected chi connectivity index (χ1v) is 6.23. The first-order chi connectivity index (χ1) is 9.03. The molecule has 1 radical (unpaired) electrons. The molecule has 0 amide bonds. The fourth-order valence-electron chi connectivity index (χ4n) is 2.05. The summed E-state index contributed by atoms with van der Waals surface area (Å²) in [5, 5.41) is 4.33. The number of halogens is 3. The van der Waals surface area contributed by atoms with E-state index in [-0.39, 0.29) is 5.75 Å². The summed E-state index contributed by atoms with van der Waals surface area (Å²) in [6.45, 7) is 4.34. The van der Waals surface area contributed by atoms with E-state index in [0.717, 1.165) is 44.7 Å². The van der Waals surface area contributed by atoms with Gasteiger partial charge in [-0.05, 0) is 30.7 Å². The van der Waals surface area contributed by atoms with Gasteiger partial charge in [0.05, 0.1) is 0 Å². The lowest BCUT2D eigenvalue weighted by Crippen LogP contribution is -2.26. The van der Waals surface area contributed by atoms with E-state index < -0.39 is 6.36 Å². The normalized spacial score (nSPS) is 18.1. The quantitative estimate of drug-likeness (QED) is 0.845. The van der Waals surface area contributed by atoms with Gasteiger partial charge < -0.3 is 4.74 Å². The van der Waals surface area contributed by atoms with Gasteiger partial charge in [-0.3, -0.25) is 4.90 Å². The first-order valence-electron chi connectivity index (χ1n) is 6.23. The van der Waals surface area contributed by atoms with Crippen molar-refractivity contribution < 1.29 is 17.9 Å². The SMILES string of the molecule is FC(F)(F)Oc1ccc(CN2CCC[N]CC2)cc1. The molecule has 1 aromatic carbocycles. The maximum absolute atomic E-state index is 12.0. The highest BCUT2D eigenvalue weighted by atomic mass is 19.4. The predicted molar refractivity (Wildman–Crippen MR) is 64.9 cm³/mol. The summed E-state index contributed by atoms with van der Waals surface area (Å²) in [4.78, 5) is 2.26. The van der Waals surface area contributed by atoms with Crippen molar-refractivity contribution in [2.45, 2.75) is 19.3 Å². The Balaban J connectivity index is 1.90. The minimum absolute atomic E-state index is 0.179. The number of nitrogens with zero attached hydrogens (tertiary/aromatic N) is 2. The highest BCUT2D eigenvalue weighted by molar-refractivity contribution is 5.27. The molecule has 3 nitrogen and oxygen atoms in total. The van der Waals surface area contributed by atoms with E-state index in [1.165, 1.54) is 12.1 Å². The molecule has 1 aliphatic heterocycles. The molecular formula is C13H16F3N2O. The second kappa shape index (κ2) is 6.25. The average Bonchev–Trinajstić information content (AvgIpc) is 2.58. The third kappa shape index (κ3) is 5.08. The van der Waals surface area contributed by atoms with Gasteiger partial charge in [0.15, 0.2) is 0 Å². The summed E-state index contributed by atoms with van der Waals surface area (Å²) in [5.41, 5.74) is 0.983. The third-order valence-corrected chi connectivity index (χ3v) is 2.93.